The number of hydrogen-bond acceptors (Lipinski definition) is 1. The Hall–Kier alpha value is -0.890. The maximum Gasteiger partial charge on any atom is 0.123 e. The van der Waals surface area contributed by atoms with Gasteiger partial charge in [0, 0.05) is 6.42 Å². The summed E-state index contributed by atoms with van der Waals surface area (Å²) < 4.78 is 12.9. The van der Waals surface area contributed by atoms with Gasteiger partial charge in [-0.25, -0.2) is 4.39 Å². The van der Waals surface area contributed by atoms with Gasteiger partial charge >= 0.3 is 0 Å². The second-order valence-electron chi connectivity index (χ2n) is 3.74. The van der Waals surface area contributed by atoms with E-state index in [9.17, 15) is 9.50 Å². The molecule has 14 heavy (non-hydrogen) atoms. The third-order valence-corrected chi connectivity index (χ3v) is 2.74. The van der Waals surface area contributed by atoms with Crippen LogP contribution in [0.15, 0.2) is 24.3 Å². The quantitative estimate of drug-likeness (QED) is 0.785. The molecule has 1 N–H and O–H groups in total. The van der Waals surface area contributed by atoms with Crippen LogP contribution >= 0.6 is 0 Å². The van der Waals surface area contributed by atoms with Gasteiger partial charge in [-0.15, -0.1) is 0 Å². The Morgan fingerprint density at radius 2 is 1.93 bits per heavy atom. The van der Waals surface area contributed by atoms with Crippen LogP contribution in [0.5, 0.6) is 0 Å². The molecule has 0 bridgehead atoms. The normalized spacial score (nSPS) is 11.7. The van der Waals surface area contributed by atoms with Gasteiger partial charge < -0.3 is 5.11 Å². The Balaban J connectivity index is 2.77. The van der Waals surface area contributed by atoms with Crippen molar-refractivity contribution in [2.24, 2.45) is 0 Å². The van der Waals surface area contributed by atoms with Crippen molar-refractivity contribution in [3.05, 3.63) is 35.6 Å². The van der Waals surface area contributed by atoms with Crippen molar-refractivity contribution in [1.82, 2.24) is 0 Å². The molecule has 0 saturated carbocycles. The number of hydrogen-bond donors (Lipinski definition) is 1. The van der Waals surface area contributed by atoms with Crippen molar-refractivity contribution in [3.8, 4) is 0 Å². The Kier molecular flexibility index (Phi) is 3.64. The van der Waals surface area contributed by atoms with Gasteiger partial charge in [0.2, 0.25) is 0 Å². The van der Waals surface area contributed by atoms with E-state index in [0.29, 0.717) is 19.3 Å². The van der Waals surface area contributed by atoms with Crippen LogP contribution in [-0.4, -0.2) is 10.7 Å². The van der Waals surface area contributed by atoms with Crippen molar-refractivity contribution < 1.29 is 9.50 Å². The van der Waals surface area contributed by atoms with E-state index in [1.165, 1.54) is 12.1 Å². The largest absolute Gasteiger partial charge is 0.390 e. The minimum absolute atomic E-state index is 0.239. The molecule has 2 heteroatoms. The standard InChI is InChI=1S/C12H17FO/c1-3-12(14,4-2)9-10-6-5-7-11(13)8-10/h5-8,14H,3-4,9H2,1-2H3. The molecule has 0 heterocycles. The van der Waals surface area contributed by atoms with Crippen LogP contribution in [0, 0.1) is 5.82 Å². The molecule has 0 aliphatic rings. The lowest BCUT2D eigenvalue weighted by molar-refractivity contribution is 0.0326. The van der Waals surface area contributed by atoms with E-state index in [2.05, 4.69) is 0 Å². The summed E-state index contributed by atoms with van der Waals surface area (Å²) in [6, 6.07) is 6.42. The van der Waals surface area contributed by atoms with Gasteiger partial charge in [-0.05, 0) is 30.5 Å². The fourth-order valence-electron chi connectivity index (χ4n) is 1.53. The average Bonchev–Trinajstić information content (AvgIpc) is 2.18. The third kappa shape index (κ3) is 2.81. The van der Waals surface area contributed by atoms with Crippen molar-refractivity contribution in [3.63, 3.8) is 0 Å². The van der Waals surface area contributed by atoms with E-state index in [4.69, 9.17) is 0 Å². The van der Waals surface area contributed by atoms with Crippen LogP contribution in [0.1, 0.15) is 32.3 Å². The van der Waals surface area contributed by atoms with Gasteiger partial charge in [0.15, 0.2) is 0 Å². The number of benzene rings is 1. The minimum Gasteiger partial charge on any atom is -0.390 e. The van der Waals surface area contributed by atoms with Crippen LogP contribution < -0.4 is 0 Å². The molecule has 1 aromatic carbocycles. The van der Waals surface area contributed by atoms with E-state index >= 15 is 0 Å². The molecule has 1 aromatic rings. The Bertz CT molecular complexity index is 292. The molecule has 0 saturated heterocycles. The molecular weight excluding hydrogens is 179 g/mol. The highest BCUT2D eigenvalue weighted by molar-refractivity contribution is 5.18. The van der Waals surface area contributed by atoms with E-state index in [0.717, 1.165) is 5.56 Å². The average molecular weight is 196 g/mol. The van der Waals surface area contributed by atoms with Crippen molar-refractivity contribution in [1.29, 1.82) is 0 Å². The molecule has 1 nitrogen and oxygen atoms in total. The van der Waals surface area contributed by atoms with Crippen LogP contribution in [0.2, 0.25) is 0 Å². The summed E-state index contributed by atoms with van der Waals surface area (Å²) in [6.07, 6.45) is 1.91. The summed E-state index contributed by atoms with van der Waals surface area (Å²) in [5.41, 5.74) is 0.171. The van der Waals surface area contributed by atoms with Crippen LogP contribution in [0.3, 0.4) is 0 Å². The molecule has 1 rings (SSSR count). The molecule has 0 amide bonds. The minimum atomic E-state index is -0.687. The molecular formula is C12H17FO. The zero-order chi connectivity index (χ0) is 10.6. The molecule has 0 spiro atoms. The second-order valence-corrected chi connectivity index (χ2v) is 3.74. The third-order valence-electron chi connectivity index (χ3n) is 2.74. The SMILES string of the molecule is CCC(O)(CC)Cc1cccc(F)c1. The lowest BCUT2D eigenvalue weighted by atomic mass is 9.89. The number of halogens is 1. The van der Waals surface area contributed by atoms with Crippen molar-refractivity contribution in [2.45, 2.75) is 38.7 Å². The number of rotatable bonds is 4. The van der Waals surface area contributed by atoms with E-state index < -0.39 is 5.60 Å². The van der Waals surface area contributed by atoms with Crippen LogP contribution in [0.4, 0.5) is 4.39 Å². The first-order valence-electron chi connectivity index (χ1n) is 5.06. The zero-order valence-electron chi connectivity index (χ0n) is 8.76. The summed E-state index contributed by atoms with van der Waals surface area (Å²) in [7, 11) is 0. The van der Waals surface area contributed by atoms with Gasteiger partial charge in [-0.1, -0.05) is 26.0 Å². The summed E-state index contributed by atoms with van der Waals surface area (Å²) in [6.45, 7) is 3.89. The Morgan fingerprint density at radius 1 is 1.29 bits per heavy atom. The first kappa shape index (κ1) is 11.2. The number of aliphatic hydroxyl groups is 1. The van der Waals surface area contributed by atoms with E-state index in [1.807, 2.05) is 19.9 Å². The molecule has 0 aliphatic heterocycles. The first-order chi connectivity index (χ1) is 6.59. The second kappa shape index (κ2) is 4.56. The highest BCUT2D eigenvalue weighted by Gasteiger charge is 2.22. The van der Waals surface area contributed by atoms with Crippen LogP contribution in [-0.2, 0) is 6.42 Å². The smallest absolute Gasteiger partial charge is 0.123 e. The highest BCUT2D eigenvalue weighted by Crippen LogP contribution is 2.21. The van der Waals surface area contributed by atoms with E-state index in [-0.39, 0.29) is 5.82 Å². The van der Waals surface area contributed by atoms with Gasteiger partial charge in [-0.3, -0.25) is 0 Å². The van der Waals surface area contributed by atoms with E-state index in [1.54, 1.807) is 6.07 Å². The predicted octanol–water partition coefficient (Wildman–Crippen LogP) is 2.92. The summed E-state index contributed by atoms with van der Waals surface area (Å²) in [4.78, 5) is 0. The maximum absolute atomic E-state index is 12.9. The molecule has 78 valence electrons. The lowest BCUT2D eigenvalue weighted by Crippen LogP contribution is -2.29. The molecule has 0 aromatic heterocycles. The van der Waals surface area contributed by atoms with Crippen molar-refractivity contribution >= 4 is 0 Å². The van der Waals surface area contributed by atoms with Gasteiger partial charge in [0.05, 0.1) is 5.60 Å². The molecule has 0 unspecified atom stereocenters. The fourth-order valence-corrected chi connectivity index (χ4v) is 1.53. The zero-order valence-corrected chi connectivity index (χ0v) is 8.76. The molecule has 0 radical (unpaired) electrons. The Morgan fingerprint density at radius 3 is 2.43 bits per heavy atom. The lowest BCUT2D eigenvalue weighted by Gasteiger charge is -2.25. The summed E-state index contributed by atoms with van der Waals surface area (Å²) >= 11 is 0. The molecule has 0 fully saturated rings. The summed E-state index contributed by atoms with van der Waals surface area (Å²) in [5, 5.41) is 10.1. The summed E-state index contributed by atoms with van der Waals surface area (Å²) in [5.74, 6) is -0.239. The van der Waals surface area contributed by atoms with Gasteiger partial charge in [-0.2, -0.15) is 0 Å². The Labute approximate surface area is 84.6 Å². The van der Waals surface area contributed by atoms with Gasteiger partial charge in [0.1, 0.15) is 5.82 Å². The highest BCUT2D eigenvalue weighted by atomic mass is 19.1. The molecule has 0 atom stereocenters. The topological polar surface area (TPSA) is 20.2 Å². The monoisotopic (exact) mass is 196 g/mol. The van der Waals surface area contributed by atoms with Crippen molar-refractivity contribution in [2.75, 3.05) is 0 Å². The predicted molar refractivity (Wildman–Crippen MR) is 55.6 cm³/mol. The first-order valence-corrected chi connectivity index (χ1v) is 5.06. The van der Waals surface area contributed by atoms with Gasteiger partial charge in [0.25, 0.3) is 0 Å². The maximum atomic E-state index is 12.9. The van der Waals surface area contributed by atoms with Crippen LogP contribution in [0.25, 0.3) is 0 Å². The molecule has 0 aliphatic carbocycles. The fraction of sp³-hybridized carbons (Fsp3) is 0.500.